The van der Waals surface area contributed by atoms with Crippen molar-refractivity contribution in [1.29, 1.82) is 0 Å². The van der Waals surface area contributed by atoms with Gasteiger partial charge in [0, 0.05) is 19.1 Å². The van der Waals surface area contributed by atoms with Crippen molar-refractivity contribution in [2.45, 2.75) is 64.3 Å². The zero-order valence-electron chi connectivity index (χ0n) is 13.7. The number of sulfonamides is 1. The van der Waals surface area contributed by atoms with Crippen LogP contribution in [0.2, 0.25) is 0 Å². The van der Waals surface area contributed by atoms with Crippen LogP contribution in [0.4, 0.5) is 0 Å². The third kappa shape index (κ3) is 5.22. The van der Waals surface area contributed by atoms with Crippen LogP contribution in [-0.2, 0) is 10.0 Å². The Hall–Kier alpha value is -0.130. The van der Waals surface area contributed by atoms with Gasteiger partial charge in [-0.25, -0.2) is 12.7 Å². The highest BCUT2D eigenvalue weighted by molar-refractivity contribution is 7.88. The molecule has 1 saturated heterocycles. The van der Waals surface area contributed by atoms with E-state index in [0.29, 0.717) is 25.0 Å². The summed E-state index contributed by atoms with van der Waals surface area (Å²) in [5.74, 6) is 1.50. The van der Waals surface area contributed by atoms with E-state index in [1.807, 2.05) is 0 Å². The molecule has 0 bridgehead atoms. The van der Waals surface area contributed by atoms with Gasteiger partial charge in [0.05, 0.1) is 6.26 Å². The fraction of sp³-hybridized carbons (Fsp3) is 1.00. The van der Waals surface area contributed by atoms with Crippen LogP contribution in [-0.4, -0.2) is 44.7 Å². The van der Waals surface area contributed by atoms with Gasteiger partial charge in [0.25, 0.3) is 0 Å². The van der Waals surface area contributed by atoms with E-state index in [4.69, 9.17) is 0 Å². The highest BCUT2D eigenvalue weighted by atomic mass is 32.2. The minimum atomic E-state index is -2.99. The molecule has 2 fully saturated rings. The molecule has 21 heavy (non-hydrogen) atoms. The summed E-state index contributed by atoms with van der Waals surface area (Å²) in [6, 6.07) is 0.665. The maximum absolute atomic E-state index is 11.5. The van der Waals surface area contributed by atoms with Gasteiger partial charge >= 0.3 is 0 Å². The molecule has 5 heteroatoms. The van der Waals surface area contributed by atoms with E-state index in [9.17, 15) is 8.42 Å². The summed E-state index contributed by atoms with van der Waals surface area (Å²) in [5, 5.41) is 3.79. The summed E-state index contributed by atoms with van der Waals surface area (Å²) in [7, 11) is -2.99. The third-order valence-electron chi connectivity index (χ3n) is 5.37. The second-order valence-corrected chi connectivity index (χ2v) is 8.91. The molecule has 1 heterocycles. The van der Waals surface area contributed by atoms with Crippen molar-refractivity contribution >= 4 is 10.0 Å². The Morgan fingerprint density at radius 3 is 2.24 bits per heavy atom. The monoisotopic (exact) mass is 316 g/mol. The van der Waals surface area contributed by atoms with E-state index >= 15 is 0 Å². The van der Waals surface area contributed by atoms with Crippen LogP contribution >= 0.6 is 0 Å². The maximum Gasteiger partial charge on any atom is 0.211 e. The molecule has 2 aliphatic rings. The van der Waals surface area contributed by atoms with Crippen LogP contribution in [0.25, 0.3) is 0 Å². The summed E-state index contributed by atoms with van der Waals surface area (Å²) in [6.45, 7) is 4.75. The Kier molecular flexibility index (Phi) is 6.51. The van der Waals surface area contributed by atoms with Crippen LogP contribution < -0.4 is 5.32 Å². The zero-order chi connectivity index (χ0) is 15.3. The molecule has 4 nitrogen and oxygen atoms in total. The van der Waals surface area contributed by atoms with Gasteiger partial charge in [-0.15, -0.1) is 0 Å². The molecule has 0 radical (unpaired) electrons. The molecule has 0 amide bonds. The van der Waals surface area contributed by atoms with Gasteiger partial charge in [0.2, 0.25) is 10.0 Å². The number of rotatable bonds is 6. The molecular weight excluding hydrogens is 284 g/mol. The van der Waals surface area contributed by atoms with E-state index < -0.39 is 10.0 Å². The van der Waals surface area contributed by atoms with Gasteiger partial charge in [0.15, 0.2) is 0 Å². The lowest BCUT2D eigenvalue weighted by Crippen LogP contribution is -2.43. The van der Waals surface area contributed by atoms with Crippen molar-refractivity contribution in [2.75, 3.05) is 25.9 Å². The standard InChI is InChI=1S/C16H32N2O2S/c1-3-16(15-7-5-4-6-8-15)17-13-14-9-11-18(12-10-14)21(2,19)20/h14-17H,3-13H2,1-2H3. The van der Waals surface area contributed by atoms with Crippen LogP contribution in [0.15, 0.2) is 0 Å². The summed E-state index contributed by atoms with van der Waals surface area (Å²) in [4.78, 5) is 0. The minimum Gasteiger partial charge on any atom is -0.313 e. The number of piperidine rings is 1. The minimum absolute atomic E-state index is 0.639. The van der Waals surface area contributed by atoms with Crippen molar-refractivity contribution < 1.29 is 8.42 Å². The highest BCUT2D eigenvalue weighted by Gasteiger charge is 2.26. The Bertz CT molecular complexity index is 397. The second-order valence-electron chi connectivity index (χ2n) is 6.93. The third-order valence-corrected chi connectivity index (χ3v) is 6.67. The Morgan fingerprint density at radius 2 is 1.71 bits per heavy atom. The Morgan fingerprint density at radius 1 is 1.10 bits per heavy atom. The number of nitrogens with zero attached hydrogens (tertiary/aromatic N) is 1. The van der Waals surface area contributed by atoms with Crippen LogP contribution in [0.1, 0.15) is 58.3 Å². The molecular formula is C16H32N2O2S. The molecule has 0 spiro atoms. The average molecular weight is 317 g/mol. The summed E-state index contributed by atoms with van der Waals surface area (Å²) < 4.78 is 24.7. The molecule has 124 valence electrons. The van der Waals surface area contributed by atoms with Gasteiger partial charge in [-0.2, -0.15) is 0 Å². The predicted molar refractivity (Wildman–Crippen MR) is 87.8 cm³/mol. The Balaban J connectivity index is 1.73. The SMILES string of the molecule is CCC(NCC1CCN(S(C)(=O)=O)CC1)C1CCCCC1. The maximum atomic E-state index is 11.5. The topological polar surface area (TPSA) is 49.4 Å². The van der Waals surface area contributed by atoms with Crippen molar-refractivity contribution in [3.8, 4) is 0 Å². The highest BCUT2D eigenvalue weighted by Crippen LogP contribution is 2.28. The smallest absolute Gasteiger partial charge is 0.211 e. The van der Waals surface area contributed by atoms with Gasteiger partial charge in [-0.3, -0.25) is 0 Å². The fourth-order valence-corrected chi connectivity index (χ4v) is 4.82. The largest absolute Gasteiger partial charge is 0.313 e. The summed E-state index contributed by atoms with van der Waals surface area (Å²) >= 11 is 0. The predicted octanol–water partition coefficient (Wildman–Crippen LogP) is 2.61. The average Bonchev–Trinajstić information content (AvgIpc) is 2.48. The lowest BCUT2D eigenvalue weighted by Gasteiger charge is -2.34. The zero-order valence-corrected chi connectivity index (χ0v) is 14.5. The van der Waals surface area contributed by atoms with Crippen LogP contribution in [0.3, 0.4) is 0 Å². The first-order valence-electron chi connectivity index (χ1n) is 8.69. The molecule has 1 unspecified atom stereocenters. The van der Waals surface area contributed by atoms with E-state index in [0.717, 1.165) is 25.3 Å². The second kappa shape index (κ2) is 7.93. The molecule has 1 atom stereocenters. The molecule has 1 saturated carbocycles. The molecule has 1 aliphatic heterocycles. The van der Waals surface area contributed by atoms with Gasteiger partial charge < -0.3 is 5.32 Å². The van der Waals surface area contributed by atoms with Crippen molar-refractivity contribution in [3.05, 3.63) is 0 Å². The van der Waals surface area contributed by atoms with E-state index in [1.54, 1.807) is 4.31 Å². The van der Waals surface area contributed by atoms with Crippen molar-refractivity contribution in [3.63, 3.8) is 0 Å². The van der Waals surface area contributed by atoms with Crippen molar-refractivity contribution in [1.82, 2.24) is 9.62 Å². The molecule has 2 rings (SSSR count). The first kappa shape index (κ1) is 17.2. The van der Waals surface area contributed by atoms with Crippen molar-refractivity contribution in [2.24, 2.45) is 11.8 Å². The van der Waals surface area contributed by atoms with E-state index in [-0.39, 0.29) is 0 Å². The lowest BCUT2D eigenvalue weighted by molar-refractivity contribution is 0.225. The van der Waals surface area contributed by atoms with E-state index in [1.165, 1.54) is 44.8 Å². The number of hydrogen-bond acceptors (Lipinski definition) is 3. The molecule has 0 aromatic carbocycles. The molecule has 0 aromatic heterocycles. The normalized spacial score (nSPS) is 25.0. The van der Waals surface area contributed by atoms with Gasteiger partial charge in [-0.1, -0.05) is 26.2 Å². The first-order chi connectivity index (χ1) is 10.0. The molecule has 0 aromatic rings. The molecule has 1 aliphatic carbocycles. The number of hydrogen-bond donors (Lipinski definition) is 1. The first-order valence-corrected chi connectivity index (χ1v) is 10.5. The summed E-state index contributed by atoms with van der Waals surface area (Å²) in [5.41, 5.74) is 0. The van der Waals surface area contributed by atoms with Crippen LogP contribution in [0, 0.1) is 11.8 Å². The van der Waals surface area contributed by atoms with Gasteiger partial charge in [0.1, 0.15) is 0 Å². The van der Waals surface area contributed by atoms with E-state index in [2.05, 4.69) is 12.2 Å². The van der Waals surface area contributed by atoms with Gasteiger partial charge in [-0.05, 0) is 50.5 Å². The quantitative estimate of drug-likeness (QED) is 0.819. The number of nitrogens with one attached hydrogen (secondary N) is 1. The lowest BCUT2D eigenvalue weighted by atomic mass is 9.82. The summed E-state index contributed by atoms with van der Waals surface area (Å²) in [6.07, 6.45) is 11.5. The molecule has 1 N–H and O–H groups in total. The Labute approximate surface area is 130 Å². The van der Waals surface area contributed by atoms with Crippen LogP contribution in [0.5, 0.6) is 0 Å². The fourth-order valence-electron chi connectivity index (χ4n) is 3.94.